The summed E-state index contributed by atoms with van der Waals surface area (Å²) in [5, 5.41) is 12.8. The fraction of sp³-hybridized carbons (Fsp3) is 0.316. The van der Waals surface area contributed by atoms with Gasteiger partial charge >= 0.3 is 0 Å². The van der Waals surface area contributed by atoms with Crippen LogP contribution >= 0.6 is 0 Å². The molecule has 0 heterocycles. The SMILES string of the molecule is Nc1ccccc1C(=O)Nc1ccc(OC2CCCCC2O)cc1. The lowest BCUT2D eigenvalue weighted by Crippen LogP contribution is -2.34. The Balaban J connectivity index is 1.62. The molecule has 126 valence electrons. The van der Waals surface area contributed by atoms with Crippen molar-refractivity contribution in [1.29, 1.82) is 0 Å². The van der Waals surface area contributed by atoms with E-state index in [9.17, 15) is 9.90 Å². The molecule has 5 nitrogen and oxygen atoms in total. The van der Waals surface area contributed by atoms with Gasteiger partial charge in [0.2, 0.25) is 0 Å². The number of carbonyl (C=O) groups excluding carboxylic acids is 1. The summed E-state index contributed by atoms with van der Waals surface area (Å²) in [5.74, 6) is 0.447. The van der Waals surface area contributed by atoms with Gasteiger partial charge in [-0.15, -0.1) is 0 Å². The molecule has 1 fully saturated rings. The zero-order valence-corrected chi connectivity index (χ0v) is 13.4. The number of anilines is 2. The highest BCUT2D eigenvalue weighted by Crippen LogP contribution is 2.25. The summed E-state index contributed by atoms with van der Waals surface area (Å²) in [6.07, 6.45) is 3.23. The number of hydrogen-bond donors (Lipinski definition) is 3. The monoisotopic (exact) mass is 326 g/mol. The van der Waals surface area contributed by atoms with E-state index in [4.69, 9.17) is 10.5 Å². The van der Waals surface area contributed by atoms with Gasteiger partial charge in [-0.2, -0.15) is 0 Å². The molecule has 1 aliphatic carbocycles. The predicted octanol–water partition coefficient (Wildman–Crippen LogP) is 3.20. The number of nitrogen functional groups attached to an aromatic ring is 1. The summed E-state index contributed by atoms with van der Waals surface area (Å²) in [5.41, 5.74) is 7.37. The number of para-hydroxylation sites is 1. The van der Waals surface area contributed by atoms with E-state index >= 15 is 0 Å². The lowest BCUT2D eigenvalue weighted by atomic mass is 9.95. The lowest BCUT2D eigenvalue weighted by molar-refractivity contribution is 0.00688. The van der Waals surface area contributed by atoms with Crippen LogP contribution in [0.5, 0.6) is 5.75 Å². The highest BCUT2D eigenvalue weighted by atomic mass is 16.5. The molecule has 1 amide bonds. The van der Waals surface area contributed by atoms with Crippen LogP contribution in [0.3, 0.4) is 0 Å². The molecular weight excluding hydrogens is 304 g/mol. The molecule has 1 aliphatic rings. The predicted molar refractivity (Wildman–Crippen MR) is 94.1 cm³/mol. The summed E-state index contributed by atoms with van der Waals surface area (Å²) < 4.78 is 5.85. The Morgan fingerprint density at radius 3 is 2.50 bits per heavy atom. The number of nitrogens with one attached hydrogen (secondary N) is 1. The molecule has 0 saturated heterocycles. The van der Waals surface area contributed by atoms with Crippen LogP contribution in [0.2, 0.25) is 0 Å². The van der Waals surface area contributed by atoms with Crippen molar-refractivity contribution in [3.63, 3.8) is 0 Å². The van der Waals surface area contributed by atoms with E-state index in [-0.39, 0.29) is 12.0 Å². The van der Waals surface area contributed by atoms with Crippen molar-refractivity contribution in [2.24, 2.45) is 0 Å². The quantitative estimate of drug-likeness (QED) is 0.753. The molecule has 2 atom stereocenters. The molecule has 0 radical (unpaired) electrons. The zero-order valence-electron chi connectivity index (χ0n) is 13.4. The molecule has 24 heavy (non-hydrogen) atoms. The minimum absolute atomic E-state index is 0.150. The standard InChI is InChI=1S/C19H22N2O3/c20-16-6-2-1-5-15(16)19(23)21-13-9-11-14(12-10-13)24-18-8-4-3-7-17(18)22/h1-2,5-6,9-12,17-18,22H,3-4,7-8,20H2,(H,21,23). The van der Waals surface area contributed by atoms with E-state index in [1.54, 1.807) is 48.5 Å². The third-order valence-corrected chi connectivity index (χ3v) is 4.27. The zero-order chi connectivity index (χ0) is 16.9. The molecule has 2 aromatic carbocycles. The molecule has 2 unspecified atom stereocenters. The average molecular weight is 326 g/mol. The van der Waals surface area contributed by atoms with Gasteiger partial charge in [-0.05, 0) is 55.7 Å². The van der Waals surface area contributed by atoms with Crippen LogP contribution in [0, 0.1) is 0 Å². The first kappa shape index (κ1) is 16.3. The molecular formula is C19H22N2O3. The van der Waals surface area contributed by atoms with Crippen LogP contribution in [0.25, 0.3) is 0 Å². The van der Waals surface area contributed by atoms with Gasteiger partial charge in [-0.1, -0.05) is 18.6 Å². The number of amides is 1. The van der Waals surface area contributed by atoms with Gasteiger partial charge in [-0.3, -0.25) is 4.79 Å². The van der Waals surface area contributed by atoms with Crippen LogP contribution in [0.1, 0.15) is 36.0 Å². The highest BCUT2D eigenvalue weighted by molar-refractivity contribution is 6.07. The fourth-order valence-corrected chi connectivity index (χ4v) is 2.91. The molecule has 4 N–H and O–H groups in total. The Labute approximate surface area is 141 Å². The van der Waals surface area contributed by atoms with Gasteiger partial charge in [0.05, 0.1) is 11.7 Å². The second-order valence-corrected chi connectivity index (χ2v) is 6.07. The molecule has 0 spiro atoms. The van der Waals surface area contributed by atoms with E-state index in [1.807, 2.05) is 0 Å². The Morgan fingerprint density at radius 1 is 1.08 bits per heavy atom. The first-order valence-corrected chi connectivity index (χ1v) is 8.24. The Morgan fingerprint density at radius 2 is 1.79 bits per heavy atom. The van der Waals surface area contributed by atoms with Crippen molar-refractivity contribution in [1.82, 2.24) is 0 Å². The molecule has 1 saturated carbocycles. The van der Waals surface area contributed by atoms with Crippen LogP contribution in [-0.2, 0) is 0 Å². The van der Waals surface area contributed by atoms with Crippen molar-refractivity contribution in [3.05, 3.63) is 54.1 Å². The van der Waals surface area contributed by atoms with Crippen molar-refractivity contribution < 1.29 is 14.6 Å². The third kappa shape index (κ3) is 3.86. The number of benzene rings is 2. The van der Waals surface area contributed by atoms with Crippen LogP contribution in [-0.4, -0.2) is 23.2 Å². The van der Waals surface area contributed by atoms with Gasteiger partial charge in [0.15, 0.2) is 0 Å². The Bertz CT molecular complexity index is 700. The van der Waals surface area contributed by atoms with E-state index < -0.39 is 6.10 Å². The third-order valence-electron chi connectivity index (χ3n) is 4.27. The summed E-state index contributed by atoms with van der Waals surface area (Å²) in [4.78, 5) is 12.2. The topological polar surface area (TPSA) is 84.6 Å². The van der Waals surface area contributed by atoms with E-state index in [2.05, 4.69) is 5.32 Å². The number of carbonyl (C=O) groups is 1. The normalized spacial score (nSPS) is 20.4. The molecule has 0 bridgehead atoms. The summed E-state index contributed by atoms with van der Waals surface area (Å²) >= 11 is 0. The highest BCUT2D eigenvalue weighted by Gasteiger charge is 2.24. The second kappa shape index (κ2) is 7.36. The number of ether oxygens (including phenoxy) is 1. The minimum atomic E-state index is -0.404. The van der Waals surface area contributed by atoms with Crippen molar-refractivity contribution in [2.75, 3.05) is 11.1 Å². The minimum Gasteiger partial charge on any atom is -0.488 e. The first-order valence-electron chi connectivity index (χ1n) is 8.24. The van der Waals surface area contributed by atoms with Crippen molar-refractivity contribution in [2.45, 2.75) is 37.9 Å². The summed E-state index contributed by atoms with van der Waals surface area (Å²) in [6.45, 7) is 0. The van der Waals surface area contributed by atoms with E-state index in [0.717, 1.165) is 25.7 Å². The maximum atomic E-state index is 12.2. The summed E-state index contributed by atoms with van der Waals surface area (Å²) in [7, 11) is 0. The molecule has 0 aliphatic heterocycles. The summed E-state index contributed by atoms with van der Waals surface area (Å²) in [6, 6.07) is 14.1. The van der Waals surface area contributed by atoms with Gasteiger partial charge in [0, 0.05) is 11.4 Å². The maximum Gasteiger partial charge on any atom is 0.257 e. The van der Waals surface area contributed by atoms with Gasteiger partial charge in [0.25, 0.3) is 5.91 Å². The Hall–Kier alpha value is -2.53. The Kier molecular flexibility index (Phi) is 5.01. The molecule has 2 aromatic rings. The van der Waals surface area contributed by atoms with Crippen molar-refractivity contribution >= 4 is 17.3 Å². The largest absolute Gasteiger partial charge is 0.488 e. The fourth-order valence-electron chi connectivity index (χ4n) is 2.91. The molecule has 3 rings (SSSR count). The second-order valence-electron chi connectivity index (χ2n) is 6.07. The number of hydrogen-bond acceptors (Lipinski definition) is 4. The van der Waals surface area contributed by atoms with Gasteiger partial charge in [-0.25, -0.2) is 0 Å². The van der Waals surface area contributed by atoms with Gasteiger partial charge < -0.3 is 20.9 Å². The number of aliphatic hydroxyl groups excluding tert-OH is 1. The van der Waals surface area contributed by atoms with Crippen molar-refractivity contribution in [3.8, 4) is 5.75 Å². The van der Waals surface area contributed by atoms with Crippen LogP contribution in [0.15, 0.2) is 48.5 Å². The molecule has 5 heteroatoms. The average Bonchev–Trinajstić information content (AvgIpc) is 2.59. The lowest BCUT2D eigenvalue weighted by Gasteiger charge is -2.28. The smallest absolute Gasteiger partial charge is 0.257 e. The van der Waals surface area contributed by atoms with Crippen LogP contribution < -0.4 is 15.8 Å². The van der Waals surface area contributed by atoms with E-state index in [0.29, 0.717) is 22.7 Å². The number of nitrogens with two attached hydrogens (primary N) is 1. The van der Waals surface area contributed by atoms with Crippen LogP contribution in [0.4, 0.5) is 11.4 Å². The molecule has 0 aromatic heterocycles. The van der Waals surface area contributed by atoms with Gasteiger partial charge in [0.1, 0.15) is 11.9 Å². The maximum absolute atomic E-state index is 12.2. The number of rotatable bonds is 4. The first-order chi connectivity index (χ1) is 11.6. The number of aliphatic hydroxyl groups is 1. The van der Waals surface area contributed by atoms with E-state index in [1.165, 1.54) is 0 Å².